The molecule has 7 heteroatoms. The van der Waals surface area contributed by atoms with Crippen LogP contribution in [0.25, 0.3) is 0 Å². The Morgan fingerprint density at radius 2 is 1.41 bits per heavy atom. The van der Waals surface area contributed by atoms with Crippen LogP contribution in [0, 0.1) is 0 Å². The number of aliphatic hydroxyl groups is 5. The van der Waals surface area contributed by atoms with E-state index in [1.807, 2.05) is 0 Å². The third-order valence-electron chi connectivity index (χ3n) is 2.81. The molecule has 0 spiro atoms. The van der Waals surface area contributed by atoms with Crippen molar-refractivity contribution in [1.82, 2.24) is 5.48 Å². The van der Waals surface area contributed by atoms with Crippen molar-refractivity contribution in [3.05, 3.63) is 0 Å². The van der Waals surface area contributed by atoms with Gasteiger partial charge in [-0.05, 0) is 6.42 Å². The number of rotatable bonds is 12. The van der Waals surface area contributed by atoms with Crippen LogP contribution in [0.1, 0.15) is 52.9 Å². The molecule has 0 heterocycles. The van der Waals surface area contributed by atoms with Crippen molar-refractivity contribution in [2.24, 2.45) is 0 Å². The lowest BCUT2D eigenvalue weighted by molar-refractivity contribution is -0.137. The molecular weight excluding hydrogens is 290 g/mol. The molecule has 0 aliphatic carbocycles. The van der Waals surface area contributed by atoms with Crippen LogP contribution in [0.15, 0.2) is 0 Å². The molecule has 0 unspecified atom stereocenters. The molecule has 0 fully saturated rings. The Labute approximate surface area is 133 Å². The second-order valence-electron chi connectivity index (χ2n) is 5.27. The number of hydroxylamine groups is 1. The molecule has 0 saturated heterocycles. The van der Waals surface area contributed by atoms with Gasteiger partial charge in [0.05, 0.1) is 13.2 Å². The first kappa shape index (κ1) is 24.0. The zero-order chi connectivity index (χ0) is 17.4. The number of nitrogens with one attached hydrogen (secondary N) is 1. The number of hydrogen-bond acceptors (Lipinski definition) is 7. The Kier molecular flexibility index (Phi) is 18.6. The number of aliphatic hydroxyl groups excluding tert-OH is 5. The predicted molar refractivity (Wildman–Crippen MR) is 85.2 cm³/mol. The maximum absolute atomic E-state index is 9.51. The van der Waals surface area contributed by atoms with E-state index < -0.39 is 31.0 Å². The zero-order valence-electron chi connectivity index (χ0n) is 14.1. The molecule has 0 bridgehead atoms. The maximum Gasteiger partial charge on any atom is 0.111 e. The van der Waals surface area contributed by atoms with Gasteiger partial charge < -0.3 is 25.5 Å². The van der Waals surface area contributed by atoms with Crippen molar-refractivity contribution in [2.45, 2.75) is 77.3 Å². The summed E-state index contributed by atoms with van der Waals surface area (Å²) >= 11 is 0. The predicted octanol–water partition coefficient (Wildman–Crippen LogP) is -0.0599. The molecule has 4 atom stereocenters. The highest BCUT2D eigenvalue weighted by Gasteiger charge is 2.30. The Balaban J connectivity index is 0. The lowest BCUT2D eigenvalue weighted by Crippen LogP contribution is -2.47. The fraction of sp³-hybridized carbons (Fsp3) is 1.00. The van der Waals surface area contributed by atoms with E-state index in [1.165, 1.54) is 6.42 Å². The third kappa shape index (κ3) is 13.4. The summed E-state index contributed by atoms with van der Waals surface area (Å²) in [6.45, 7) is 6.10. The Hall–Kier alpha value is -0.280. The lowest BCUT2D eigenvalue weighted by atomic mass is 10.0. The summed E-state index contributed by atoms with van der Waals surface area (Å²) in [4.78, 5) is 4.95. The fourth-order valence-electron chi connectivity index (χ4n) is 1.50. The standard InChI is InChI=1S/C12H27NO6.C3H8/c1-2-3-4-5-6-13-19-8-10(16)12(18)11(17)9(15)7-14;1-3-2/h9-18H,2-8H2,1H3;3H2,1-2H3/t9-,10+,11-,12-;/m1./s1. The van der Waals surface area contributed by atoms with Crippen LogP contribution in [0.2, 0.25) is 0 Å². The Morgan fingerprint density at radius 3 is 1.91 bits per heavy atom. The molecule has 0 aromatic rings. The summed E-state index contributed by atoms with van der Waals surface area (Å²) in [5.41, 5.74) is 2.65. The molecular formula is C15H35NO6. The summed E-state index contributed by atoms with van der Waals surface area (Å²) < 4.78 is 0. The van der Waals surface area contributed by atoms with Gasteiger partial charge in [-0.25, -0.2) is 5.48 Å². The molecule has 0 aliphatic heterocycles. The average molecular weight is 325 g/mol. The highest BCUT2D eigenvalue weighted by atomic mass is 16.6. The van der Waals surface area contributed by atoms with Crippen molar-refractivity contribution in [1.29, 1.82) is 0 Å². The molecule has 0 saturated carbocycles. The van der Waals surface area contributed by atoms with Crippen LogP contribution >= 0.6 is 0 Å². The summed E-state index contributed by atoms with van der Waals surface area (Å²) in [5, 5.41) is 46.1. The van der Waals surface area contributed by atoms with Crippen molar-refractivity contribution in [3.63, 3.8) is 0 Å². The maximum atomic E-state index is 9.51. The molecule has 22 heavy (non-hydrogen) atoms. The monoisotopic (exact) mass is 325 g/mol. The van der Waals surface area contributed by atoms with E-state index in [0.717, 1.165) is 25.7 Å². The van der Waals surface area contributed by atoms with Crippen molar-refractivity contribution in [3.8, 4) is 0 Å². The Bertz CT molecular complexity index is 220. The fourth-order valence-corrected chi connectivity index (χ4v) is 1.50. The molecule has 0 aromatic heterocycles. The quantitative estimate of drug-likeness (QED) is 0.219. The molecule has 7 nitrogen and oxygen atoms in total. The molecule has 136 valence electrons. The van der Waals surface area contributed by atoms with Gasteiger partial charge in [0.1, 0.15) is 24.4 Å². The second kappa shape index (κ2) is 17.1. The van der Waals surface area contributed by atoms with Gasteiger partial charge in [-0.2, -0.15) is 0 Å². The summed E-state index contributed by atoms with van der Waals surface area (Å²) in [6, 6.07) is 0. The van der Waals surface area contributed by atoms with Gasteiger partial charge in [-0.15, -0.1) is 0 Å². The smallest absolute Gasteiger partial charge is 0.111 e. The number of unbranched alkanes of at least 4 members (excludes halogenated alkanes) is 3. The van der Waals surface area contributed by atoms with E-state index in [0.29, 0.717) is 6.54 Å². The van der Waals surface area contributed by atoms with Gasteiger partial charge in [0.25, 0.3) is 0 Å². The van der Waals surface area contributed by atoms with E-state index in [4.69, 9.17) is 15.1 Å². The van der Waals surface area contributed by atoms with Crippen LogP contribution < -0.4 is 5.48 Å². The summed E-state index contributed by atoms with van der Waals surface area (Å²) in [6.07, 6.45) is -0.425. The van der Waals surface area contributed by atoms with Crippen LogP contribution in [0.3, 0.4) is 0 Å². The van der Waals surface area contributed by atoms with Gasteiger partial charge in [0.2, 0.25) is 0 Å². The molecule has 0 rings (SSSR count). The first-order chi connectivity index (χ1) is 10.5. The van der Waals surface area contributed by atoms with Gasteiger partial charge in [0.15, 0.2) is 0 Å². The highest BCUT2D eigenvalue weighted by molar-refractivity contribution is 4.80. The van der Waals surface area contributed by atoms with Gasteiger partial charge in [-0.3, -0.25) is 4.84 Å². The van der Waals surface area contributed by atoms with E-state index in [2.05, 4.69) is 26.3 Å². The average Bonchev–Trinajstić information content (AvgIpc) is 2.52. The van der Waals surface area contributed by atoms with Crippen molar-refractivity contribution < 1.29 is 30.4 Å². The zero-order valence-corrected chi connectivity index (χ0v) is 14.1. The van der Waals surface area contributed by atoms with E-state index in [-0.39, 0.29) is 6.61 Å². The second-order valence-corrected chi connectivity index (χ2v) is 5.27. The molecule has 0 amide bonds. The molecule has 0 radical (unpaired) electrons. The minimum absolute atomic E-state index is 0.218. The Morgan fingerprint density at radius 1 is 0.864 bits per heavy atom. The first-order valence-electron chi connectivity index (χ1n) is 8.13. The number of hydrogen-bond donors (Lipinski definition) is 6. The van der Waals surface area contributed by atoms with Gasteiger partial charge >= 0.3 is 0 Å². The third-order valence-corrected chi connectivity index (χ3v) is 2.81. The topological polar surface area (TPSA) is 122 Å². The normalized spacial score (nSPS) is 16.4. The van der Waals surface area contributed by atoms with E-state index in [9.17, 15) is 15.3 Å². The van der Waals surface area contributed by atoms with Crippen LogP contribution in [0.5, 0.6) is 0 Å². The van der Waals surface area contributed by atoms with Crippen molar-refractivity contribution in [2.75, 3.05) is 19.8 Å². The van der Waals surface area contributed by atoms with Crippen molar-refractivity contribution >= 4 is 0 Å². The minimum Gasteiger partial charge on any atom is -0.394 e. The largest absolute Gasteiger partial charge is 0.394 e. The molecule has 0 aliphatic rings. The van der Waals surface area contributed by atoms with Gasteiger partial charge in [0, 0.05) is 6.54 Å². The summed E-state index contributed by atoms with van der Waals surface area (Å²) in [7, 11) is 0. The van der Waals surface area contributed by atoms with Gasteiger partial charge in [-0.1, -0.05) is 46.5 Å². The molecule has 6 N–H and O–H groups in total. The van der Waals surface area contributed by atoms with Crippen LogP contribution in [-0.2, 0) is 4.84 Å². The minimum atomic E-state index is -1.62. The lowest BCUT2D eigenvalue weighted by Gasteiger charge is -2.25. The van der Waals surface area contributed by atoms with E-state index >= 15 is 0 Å². The summed E-state index contributed by atoms with van der Waals surface area (Å²) in [5.74, 6) is 0. The van der Waals surface area contributed by atoms with E-state index in [1.54, 1.807) is 0 Å². The SMILES string of the molecule is CCC.CCCCCCNOC[C@H](O)[C@@H](O)[C@H](O)[C@H](O)CO. The van der Waals surface area contributed by atoms with Crippen LogP contribution in [0.4, 0.5) is 0 Å². The highest BCUT2D eigenvalue weighted by Crippen LogP contribution is 2.05. The van der Waals surface area contributed by atoms with Crippen LogP contribution in [-0.4, -0.2) is 69.7 Å². The first-order valence-corrected chi connectivity index (χ1v) is 8.13. The molecule has 0 aromatic carbocycles.